The number of aromatic nitrogens is 2. The number of amides is 2. The molecule has 0 radical (unpaired) electrons. The number of benzene rings is 2. The molecule has 0 spiro atoms. The Morgan fingerprint density at radius 3 is 2.77 bits per heavy atom. The second-order valence-corrected chi connectivity index (χ2v) is 10.9. The van der Waals surface area contributed by atoms with E-state index in [0.29, 0.717) is 26.2 Å². The van der Waals surface area contributed by atoms with E-state index in [1.165, 1.54) is 5.56 Å². The van der Waals surface area contributed by atoms with Crippen LogP contribution in [0.3, 0.4) is 0 Å². The quantitative estimate of drug-likeness (QED) is 0.362. The van der Waals surface area contributed by atoms with Gasteiger partial charge in [0.15, 0.2) is 0 Å². The van der Waals surface area contributed by atoms with Crippen molar-refractivity contribution < 1.29 is 19.1 Å². The third-order valence-electron chi connectivity index (χ3n) is 7.89. The van der Waals surface area contributed by atoms with Crippen molar-refractivity contribution in [1.82, 2.24) is 14.5 Å². The van der Waals surface area contributed by atoms with Crippen LogP contribution in [0, 0.1) is 5.92 Å². The maximum atomic E-state index is 13.4. The number of anilines is 1. The van der Waals surface area contributed by atoms with Crippen LogP contribution >= 0.6 is 0 Å². The van der Waals surface area contributed by atoms with Crippen molar-refractivity contribution >= 4 is 28.5 Å². The molecule has 39 heavy (non-hydrogen) atoms. The summed E-state index contributed by atoms with van der Waals surface area (Å²) in [5.41, 5.74) is 4.26. The number of likely N-dealkylation sites (tertiary alicyclic amines) is 1. The first-order valence-electron chi connectivity index (χ1n) is 14.2. The van der Waals surface area contributed by atoms with Crippen molar-refractivity contribution in [1.29, 1.82) is 0 Å². The van der Waals surface area contributed by atoms with E-state index in [4.69, 9.17) is 14.5 Å². The Bertz CT molecular complexity index is 1270. The summed E-state index contributed by atoms with van der Waals surface area (Å²) in [4.78, 5) is 34.3. The van der Waals surface area contributed by atoms with Crippen LogP contribution in [0.1, 0.15) is 49.9 Å². The van der Waals surface area contributed by atoms with Crippen LogP contribution in [0.4, 0.5) is 5.69 Å². The highest BCUT2D eigenvalue weighted by Crippen LogP contribution is 2.30. The number of carbonyl (C=O) groups excluding carboxylic acids is 2. The van der Waals surface area contributed by atoms with Gasteiger partial charge in [0.1, 0.15) is 12.4 Å². The number of para-hydroxylation sites is 2. The molecular formula is C31H40N4O4. The number of carbonyl (C=O) groups is 2. The molecule has 3 aromatic rings. The summed E-state index contributed by atoms with van der Waals surface area (Å²) in [5, 5.41) is 0. The first-order valence-corrected chi connectivity index (χ1v) is 14.2. The van der Waals surface area contributed by atoms with Gasteiger partial charge in [-0.1, -0.05) is 31.2 Å². The number of imidazole rings is 1. The monoisotopic (exact) mass is 532 g/mol. The molecule has 0 saturated carbocycles. The predicted octanol–water partition coefficient (Wildman–Crippen LogP) is 4.41. The summed E-state index contributed by atoms with van der Waals surface area (Å²) >= 11 is 0. The zero-order valence-electron chi connectivity index (χ0n) is 23.2. The molecule has 3 heterocycles. The lowest BCUT2D eigenvalue weighted by molar-refractivity contribution is -0.133. The number of morpholine rings is 1. The molecule has 8 heteroatoms. The molecule has 2 amide bonds. The van der Waals surface area contributed by atoms with Crippen LogP contribution in [0.5, 0.6) is 0 Å². The number of aryl methyl sites for hydroxylation is 1. The van der Waals surface area contributed by atoms with Crippen molar-refractivity contribution in [2.75, 3.05) is 51.5 Å². The standard InChI is InChI=1S/C31H40N4O4/c1-23(19-24-10-12-26(13-11-24)34-16-18-39-22-30(34)37)20-29(36)33-14-5-7-25(21-33)31-32-27-8-3-4-9-28(27)35(31)15-6-17-38-2/h3-4,8-13,23,25H,5-7,14-22H2,1-2H3/t23-,25-/m1/s1. The molecule has 2 fully saturated rings. The Balaban J connectivity index is 1.19. The fourth-order valence-corrected chi connectivity index (χ4v) is 5.93. The molecule has 8 nitrogen and oxygen atoms in total. The molecule has 0 bridgehead atoms. The van der Waals surface area contributed by atoms with Gasteiger partial charge in [0.2, 0.25) is 5.91 Å². The fraction of sp³-hybridized carbons (Fsp3) is 0.516. The van der Waals surface area contributed by atoms with Gasteiger partial charge in [-0.25, -0.2) is 4.98 Å². The second-order valence-electron chi connectivity index (χ2n) is 10.9. The largest absolute Gasteiger partial charge is 0.385 e. The Kier molecular flexibility index (Phi) is 8.94. The molecule has 2 aliphatic rings. The Morgan fingerprint density at radius 1 is 1.15 bits per heavy atom. The van der Waals surface area contributed by atoms with Crippen LogP contribution in [0.2, 0.25) is 0 Å². The molecular weight excluding hydrogens is 492 g/mol. The van der Waals surface area contributed by atoms with Crippen LogP contribution in [-0.2, 0) is 32.0 Å². The normalized spacial score (nSPS) is 19.0. The van der Waals surface area contributed by atoms with Gasteiger partial charge < -0.3 is 23.8 Å². The topological polar surface area (TPSA) is 76.9 Å². The lowest BCUT2D eigenvalue weighted by Gasteiger charge is -2.33. The average molecular weight is 533 g/mol. The molecule has 0 unspecified atom stereocenters. The number of piperidine rings is 1. The van der Waals surface area contributed by atoms with Gasteiger partial charge in [-0.3, -0.25) is 9.59 Å². The summed E-state index contributed by atoms with van der Waals surface area (Å²) in [6, 6.07) is 16.5. The van der Waals surface area contributed by atoms with E-state index in [1.54, 1.807) is 12.0 Å². The van der Waals surface area contributed by atoms with E-state index in [1.807, 2.05) is 18.2 Å². The molecule has 2 aromatic carbocycles. The van der Waals surface area contributed by atoms with E-state index in [-0.39, 0.29) is 30.3 Å². The van der Waals surface area contributed by atoms with E-state index in [0.717, 1.165) is 67.9 Å². The Labute approximate surface area is 230 Å². The summed E-state index contributed by atoms with van der Waals surface area (Å²) in [7, 11) is 1.74. The molecule has 2 saturated heterocycles. The highest BCUT2D eigenvalue weighted by Gasteiger charge is 2.29. The van der Waals surface area contributed by atoms with Crippen molar-refractivity contribution in [3.05, 3.63) is 59.9 Å². The SMILES string of the molecule is COCCCn1c([C@@H]2CCCN(C(=O)C[C@H](C)Cc3ccc(N4CCOCC4=O)cc3)C2)nc2ccccc21. The maximum absolute atomic E-state index is 13.4. The Morgan fingerprint density at radius 2 is 1.97 bits per heavy atom. The summed E-state index contributed by atoms with van der Waals surface area (Å²) in [6.07, 6.45) is 4.33. The highest BCUT2D eigenvalue weighted by molar-refractivity contribution is 5.94. The third kappa shape index (κ3) is 6.50. The first kappa shape index (κ1) is 27.3. The third-order valence-corrected chi connectivity index (χ3v) is 7.89. The minimum Gasteiger partial charge on any atom is -0.385 e. The van der Waals surface area contributed by atoms with Crippen molar-refractivity contribution in [3.63, 3.8) is 0 Å². The predicted molar refractivity (Wildman–Crippen MR) is 152 cm³/mol. The Hall–Kier alpha value is -3.23. The minimum atomic E-state index is -0.00153. The summed E-state index contributed by atoms with van der Waals surface area (Å²) in [5.74, 6) is 1.79. The van der Waals surface area contributed by atoms with Gasteiger partial charge in [0, 0.05) is 57.9 Å². The smallest absolute Gasteiger partial charge is 0.253 e. The highest BCUT2D eigenvalue weighted by atomic mass is 16.5. The molecule has 5 rings (SSSR count). The van der Waals surface area contributed by atoms with Gasteiger partial charge in [0.05, 0.1) is 17.6 Å². The van der Waals surface area contributed by atoms with Gasteiger partial charge >= 0.3 is 0 Å². The number of hydrogen-bond acceptors (Lipinski definition) is 5. The fourth-order valence-electron chi connectivity index (χ4n) is 5.93. The van der Waals surface area contributed by atoms with Crippen LogP contribution in [0.15, 0.2) is 48.5 Å². The number of fused-ring (bicyclic) bond motifs is 1. The number of hydrogen-bond donors (Lipinski definition) is 0. The van der Waals surface area contributed by atoms with Gasteiger partial charge in [-0.05, 0) is 61.4 Å². The number of ether oxygens (including phenoxy) is 2. The van der Waals surface area contributed by atoms with Crippen LogP contribution < -0.4 is 4.90 Å². The minimum absolute atomic E-state index is 0.00153. The molecule has 208 valence electrons. The van der Waals surface area contributed by atoms with Gasteiger partial charge in [0.25, 0.3) is 5.91 Å². The number of nitrogens with zero attached hydrogens (tertiary/aromatic N) is 4. The van der Waals surface area contributed by atoms with Gasteiger partial charge in [-0.15, -0.1) is 0 Å². The van der Waals surface area contributed by atoms with Crippen molar-refractivity contribution in [2.45, 2.75) is 51.5 Å². The number of methoxy groups -OCH3 is 1. The molecule has 0 aliphatic carbocycles. The molecule has 0 N–H and O–H groups in total. The van der Waals surface area contributed by atoms with Gasteiger partial charge in [-0.2, -0.15) is 0 Å². The van der Waals surface area contributed by atoms with E-state index >= 15 is 0 Å². The van der Waals surface area contributed by atoms with E-state index in [2.05, 4.69) is 46.7 Å². The lowest BCUT2D eigenvalue weighted by atomic mass is 9.94. The maximum Gasteiger partial charge on any atom is 0.253 e. The van der Waals surface area contributed by atoms with Crippen molar-refractivity contribution in [2.24, 2.45) is 5.92 Å². The molecule has 2 aliphatic heterocycles. The van der Waals surface area contributed by atoms with Crippen LogP contribution in [0.25, 0.3) is 11.0 Å². The number of rotatable bonds is 10. The van der Waals surface area contributed by atoms with Crippen molar-refractivity contribution in [3.8, 4) is 0 Å². The van der Waals surface area contributed by atoms with E-state index < -0.39 is 0 Å². The second kappa shape index (κ2) is 12.7. The van der Waals surface area contributed by atoms with Crippen LogP contribution in [-0.4, -0.2) is 72.8 Å². The molecule has 2 atom stereocenters. The lowest BCUT2D eigenvalue weighted by Crippen LogP contribution is -2.41. The first-order chi connectivity index (χ1) is 19.0. The summed E-state index contributed by atoms with van der Waals surface area (Å²) < 4.78 is 12.9. The summed E-state index contributed by atoms with van der Waals surface area (Å²) in [6.45, 7) is 6.56. The zero-order chi connectivity index (χ0) is 27.2. The average Bonchev–Trinajstić information content (AvgIpc) is 3.33. The zero-order valence-corrected chi connectivity index (χ0v) is 23.2. The molecule has 1 aromatic heterocycles. The van der Waals surface area contributed by atoms with E-state index in [9.17, 15) is 9.59 Å².